The van der Waals surface area contributed by atoms with Crippen molar-refractivity contribution in [3.05, 3.63) is 12.2 Å². The predicted molar refractivity (Wildman–Crippen MR) is 181 cm³/mol. The third-order valence-electron chi connectivity index (χ3n) is 8.03. The molecule has 0 aromatic rings. The molecule has 0 heterocycles. The Labute approximate surface area is 266 Å². The van der Waals surface area contributed by atoms with Crippen LogP contribution in [0.4, 0.5) is 0 Å². The van der Waals surface area contributed by atoms with Gasteiger partial charge in [0.1, 0.15) is 12.7 Å². The van der Waals surface area contributed by atoms with Gasteiger partial charge < -0.3 is 9.47 Å². The molecule has 0 fully saturated rings. The van der Waals surface area contributed by atoms with Crippen LogP contribution in [0, 0.1) is 0 Å². The van der Waals surface area contributed by atoms with E-state index in [0.29, 0.717) is 12.8 Å². The highest BCUT2D eigenvalue weighted by Gasteiger charge is 2.16. The first-order valence-corrected chi connectivity index (χ1v) is 18.7. The van der Waals surface area contributed by atoms with Crippen molar-refractivity contribution >= 4 is 23.5 Å². The highest BCUT2D eigenvalue weighted by atomic mass is 35.5. The van der Waals surface area contributed by atoms with Gasteiger partial charge in [0, 0.05) is 12.8 Å². The number of hydrogen-bond acceptors (Lipinski definition) is 4. The first-order valence-electron chi connectivity index (χ1n) is 18.2. The molecular weight excluding hydrogens is 544 g/mol. The van der Waals surface area contributed by atoms with Crippen LogP contribution < -0.4 is 0 Å². The monoisotopic (exact) mass is 612 g/mol. The van der Waals surface area contributed by atoms with E-state index in [4.69, 9.17) is 21.1 Å². The van der Waals surface area contributed by atoms with E-state index in [1.165, 1.54) is 128 Å². The van der Waals surface area contributed by atoms with E-state index in [0.717, 1.165) is 38.5 Å². The molecule has 0 aromatic carbocycles. The minimum atomic E-state index is -0.558. The van der Waals surface area contributed by atoms with E-state index in [-0.39, 0.29) is 24.4 Å². The minimum Gasteiger partial charge on any atom is -0.462 e. The molecular formula is C37H69ClO4. The maximum absolute atomic E-state index is 12.2. The second-order valence-corrected chi connectivity index (χ2v) is 12.6. The Bertz CT molecular complexity index is 607. The van der Waals surface area contributed by atoms with Gasteiger partial charge in [-0.3, -0.25) is 9.59 Å². The summed E-state index contributed by atoms with van der Waals surface area (Å²) in [6.07, 6.45) is 37.6. The number of carbonyl (C=O) groups excluding carboxylic acids is 2. The Morgan fingerprint density at radius 3 is 1.29 bits per heavy atom. The summed E-state index contributed by atoms with van der Waals surface area (Å²) in [5.74, 6) is -0.322. The largest absolute Gasteiger partial charge is 0.462 e. The Balaban J connectivity index is 3.55. The molecule has 0 aromatic heterocycles. The zero-order valence-corrected chi connectivity index (χ0v) is 28.7. The van der Waals surface area contributed by atoms with Crippen molar-refractivity contribution in [1.29, 1.82) is 0 Å². The third-order valence-corrected chi connectivity index (χ3v) is 8.37. The summed E-state index contributed by atoms with van der Waals surface area (Å²) >= 11 is 5.95. The molecule has 0 aliphatic rings. The number of alkyl halides is 1. The number of ether oxygens (including phenoxy) is 2. The summed E-state index contributed by atoms with van der Waals surface area (Å²) in [7, 11) is 0. The Morgan fingerprint density at radius 1 is 0.524 bits per heavy atom. The number of halogens is 1. The lowest BCUT2D eigenvalue weighted by molar-refractivity contribution is -0.157. The van der Waals surface area contributed by atoms with Gasteiger partial charge >= 0.3 is 11.9 Å². The third kappa shape index (κ3) is 31.9. The molecule has 0 saturated heterocycles. The molecule has 0 saturated carbocycles. The Kier molecular flexibility index (Phi) is 33.6. The van der Waals surface area contributed by atoms with Gasteiger partial charge in [-0.1, -0.05) is 154 Å². The Hall–Kier alpha value is -1.03. The molecule has 0 aliphatic heterocycles. The molecule has 1 unspecified atom stereocenters. The molecule has 0 N–H and O–H groups in total. The molecule has 0 rings (SSSR count). The van der Waals surface area contributed by atoms with Crippen LogP contribution >= 0.6 is 11.6 Å². The zero-order chi connectivity index (χ0) is 30.8. The second kappa shape index (κ2) is 34.5. The van der Waals surface area contributed by atoms with Gasteiger partial charge in [-0.25, -0.2) is 0 Å². The first kappa shape index (κ1) is 41.0. The lowest BCUT2D eigenvalue weighted by Gasteiger charge is -2.15. The van der Waals surface area contributed by atoms with E-state index in [1.54, 1.807) is 0 Å². The van der Waals surface area contributed by atoms with Gasteiger partial charge in [0.05, 0.1) is 5.88 Å². The Morgan fingerprint density at radius 2 is 0.881 bits per heavy atom. The normalized spacial score (nSPS) is 12.2. The molecule has 0 radical (unpaired) electrons. The SMILES string of the molecule is CCCCCCCC/C=C/CCCCCCCC(=O)OC(CCl)COC(=O)CCCCCCCCCCCCCCC. The van der Waals surface area contributed by atoms with Gasteiger partial charge in [0.15, 0.2) is 0 Å². The van der Waals surface area contributed by atoms with Crippen LogP contribution in [0.15, 0.2) is 12.2 Å². The van der Waals surface area contributed by atoms with Crippen LogP contribution in [0.2, 0.25) is 0 Å². The van der Waals surface area contributed by atoms with Crippen molar-refractivity contribution in [3.63, 3.8) is 0 Å². The van der Waals surface area contributed by atoms with E-state index in [9.17, 15) is 9.59 Å². The maximum atomic E-state index is 12.2. The number of rotatable bonds is 33. The van der Waals surface area contributed by atoms with Crippen molar-refractivity contribution in [2.24, 2.45) is 0 Å². The summed E-state index contributed by atoms with van der Waals surface area (Å²) in [6.45, 7) is 4.58. The average molecular weight is 613 g/mol. The fourth-order valence-corrected chi connectivity index (χ4v) is 5.39. The molecule has 5 heteroatoms. The van der Waals surface area contributed by atoms with Crippen LogP contribution in [-0.4, -0.2) is 30.5 Å². The average Bonchev–Trinajstić information content (AvgIpc) is 2.99. The smallest absolute Gasteiger partial charge is 0.306 e. The molecule has 0 amide bonds. The van der Waals surface area contributed by atoms with Gasteiger partial charge in [-0.05, 0) is 38.5 Å². The standard InChI is InChI=1S/C37H69ClO4/c1-3-5-7-9-11-13-15-17-18-20-22-24-26-28-30-32-37(40)42-35(33-38)34-41-36(39)31-29-27-25-23-21-19-16-14-12-10-8-6-4-2/h17-18,35H,3-16,19-34H2,1-2H3/b18-17+. The van der Waals surface area contributed by atoms with Gasteiger partial charge in [-0.15, -0.1) is 11.6 Å². The second-order valence-electron chi connectivity index (χ2n) is 12.3. The molecule has 0 aliphatic carbocycles. The molecule has 248 valence electrons. The minimum absolute atomic E-state index is 0.0545. The lowest BCUT2D eigenvalue weighted by atomic mass is 10.0. The zero-order valence-electron chi connectivity index (χ0n) is 28.0. The lowest BCUT2D eigenvalue weighted by Crippen LogP contribution is -2.26. The van der Waals surface area contributed by atoms with Crippen molar-refractivity contribution < 1.29 is 19.1 Å². The van der Waals surface area contributed by atoms with Crippen LogP contribution in [-0.2, 0) is 19.1 Å². The van der Waals surface area contributed by atoms with Crippen molar-refractivity contribution in [1.82, 2.24) is 0 Å². The molecule has 0 spiro atoms. The van der Waals surface area contributed by atoms with Crippen LogP contribution in [0.1, 0.15) is 194 Å². The van der Waals surface area contributed by atoms with Crippen molar-refractivity contribution in [2.75, 3.05) is 12.5 Å². The van der Waals surface area contributed by atoms with Crippen molar-refractivity contribution in [2.45, 2.75) is 200 Å². The van der Waals surface area contributed by atoms with Crippen LogP contribution in [0.3, 0.4) is 0 Å². The molecule has 4 nitrogen and oxygen atoms in total. The van der Waals surface area contributed by atoms with Crippen LogP contribution in [0.5, 0.6) is 0 Å². The first-order chi connectivity index (χ1) is 20.6. The maximum Gasteiger partial charge on any atom is 0.306 e. The number of carbonyl (C=O) groups is 2. The summed E-state index contributed by atoms with van der Waals surface area (Å²) in [6, 6.07) is 0. The highest BCUT2D eigenvalue weighted by molar-refractivity contribution is 6.18. The molecule has 42 heavy (non-hydrogen) atoms. The summed E-state index contributed by atoms with van der Waals surface area (Å²) in [5, 5.41) is 0. The van der Waals surface area contributed by atoms with E-state index < -0.39 is 6.10 Å². The molecule has 0 bridgehead atoms. The van der Waals surface area contributed by atoms with E-state index in [2.05, 4.69) is 26.0 Å². The van der Waals surface area contributed by atoms with E-state index in [1.807, 2.05) is 0 Å². The summed E-state index contributed by atoms with van der Waals surface area (Å²) in [5.41, 5.74) is 0. The number of allylic oxidation sites excluding steroid dienone is 2. The number of esters is 2. The fourth-order valence-electron chi connectivity index (χ4n) is 5.24. The van der Waals surface area contributed by atoms with Crippen LogP contribution in [0.25, 0.3) is 0 Å². The van der Waals surface area contributed by atoms with Gasteiger partial charge in [0.25, 0.3) is 0 Å². The van der Waals surface area contributed by atoms with Gasteiger partial charge in [-0.2, -0.15) is 0 Å². The van der Waals surface area contributed by atoms with Crippen molar-refractivity contribution in [3.8, 4) is 0 Å². The predicted octanol–water partition coefficient (Wildman–Crippen LogP) is 12.2. The summed E-state index contributed by atoms with van der Waals surface area (Å²) in [4.78, 5) is 24.2. The highest BCUT2D eigenvalue weighted by Crippen LogP contribution is 2.14. The number of unbranched alkanes of at least 4 members (excludes halogenated alkanes) is 23. The van der Waals surface area contributed by atoms with Gasteiger partial charge in [0.2, 0.25) is 0 Å². The number of hydrogen-bond donors (Lipinski definition) is 0. The topological polar surface area (TPSA) is 52.6 Å². The summed E-state index contributed by atoms with van der Waals surface area (Å²) < 4.78 is 10.8. The van der Waals surface area contributed by atoms with E-state index >= 15 is 0 Å². The quantitative estimate of drug-likeness (QED) is 0.0320. The fraction of sp³-hybridized carbons (Fsp3) is 0.892. The molecule has 1 atom stereocenters.